The quantitative estimate of drug-likeness (QED) is 0.596. The second kappa shape index (κ2) is 7.87. The van der Waals surface area contributed by atoms with Crippen molar-refractivity contribution in [2.45, 2.75) is 20.5 Å². The lowest BCUT2D eigenvalue weighted by atomic mass is 10.1. The van der Waals surface area contributed by atoms with Gasteiger partial charge < -0.3 is 14.6 Å². The molecule has 3 aromatic carbocycles. The molecule has 1 N–H and O–H groups in total. The molecule has 4 rings (SSSR count). The van der Waals surface area contributed by atoms with Gasteiger partial charge >= 0.3 is 5.97 Å². The molecule has 0 atom stereocenters. The minimum Gasteiger partial charge on any atom is -0.489 e. The van der Waals surface area contributed by atoms with Gasteiger partial charge in [-0.05, 0) is 60.9 Å². The molecule has 0 fully saturated rings. The highest BCUT2D eigenvalue weighted by Crippen LogP contribution is 2.35. The Morgan fingerprint density at radius 3 is 2.53 bits per heavy atom. The maximum absolute atomic E-state index is 12.6. The topological polar surface area (TPSA) is 72.8 Å². The summed E-state index contributed by atoms with van der Waals surface area (Å²) < 4.78 is 11.7. The van der Waals surface area contributed by atoms with Gasteiger partial charge in [-0.2, -0.15) is 0 Å². The van der Waals surface area contributed by atoms with Gasteiger partial charge in [0, 0.05) is 6.07 Å². The summed E-state index contributed by atoms with van der Waals surface area (Å²) >= 11 is 0. The molecule has 0 bridgehead atoms. The van der Waals surface area contributed by atoms with Crippen LogP contribution in [0.4, 0.5) is 0 Å². The second-order valence-corrected chi connectivity index (χ2v) is 7.24. The number of carboxylic acid groups (broad SMARTS) is 1. The van der Waals surface area contributed by atoms with E-state index >= 15 is 0 Å². The highest BCUT2D eigenvalue weighted by molar-refractivity contribution is 6.14. The summed E-state index contributed by atoms with van der Waals surface area (Å²) in [6.45, 7) is 4.52. The third-order valence-electron chi connectivity index (χ3n) is 5.00. The average Bonchev–Trinajstić information content (AvgIpc) is 3.04. The van der Waals surface area contributed by atoms with E-state index in [0.29, 0.717) is 29.2 Å². The monoisotopic (exact) mass is 400 g/mol. The number of allylic oxidation sites excluding steroid dienone is 1. The van der Waals surface area contributed by atoms with Crippen LogP contribution in [0.25, 0.3) is 6.08 Å². The van der Waals surface area contributed by atoms with Gasteiger partial charge in [-0.1, -0.05) is 35.9 Å². The number of benzene rings is 3. The van der Waals surface area contributed by atoms with Gasteiger partial charge in [0.15, 0.2) is 5.76 Å². The number of hydrogen-bond donors (Lipinski definition) is 1. The molecule has 5 nitrogen and oxygen atoms in total. The van der Waals surface area contributed by atoms with Crippen LogP contribution in [0, 0.1) is 13.8 Å². The molecule has 0 amide bonds. The van der Waals surface area contributed by atoms with E-state index in [1.54, 1.807) is 36.4 Å². The maximum atomic E-state index is 12.6. The number of carbonyl (C=O) groups is 2. The van der Waals surface area contributed by atoms with Crippen LogP contribution in [0.15, 0.2) is 66.4 Å². The molecule has 1 aliphatic rings. The van der Waals surface area contributed by atoms with Crippen molar-refractivity contribution in [3.8, 4) is 11.5 Å². The van der Waals surface area contributed by atoms with Gasteiger partial charge in [0.25, 0.3) is 0 Å². The van der Waals surface area contributed by atoms with Gasteiger partial charge in [-0.25, -0.2) is 4.79 Å². The number of carboxylic acids is 1. The molecule has 1 aliphatic heterocycles. The van der Waals surface area contributed by atoms with E-state index in [2.05, 4.69) is 18.2 Å². The number of Topliss-reactive ketones (excluding diaryl/α,β-unsaturated/α-hetero) is 1. The number of aryl methyl sites for hydroxylation is 2. The molecular formula is C25H20O5. The fraction of sp³-hybridized carbons (Fsp3) is 0.120. The van der Waals surface area contributed by atoms with Crippen molar-refractivity contribution in [2.24, 2.45) is 0 Å². The first kappa shape index (κ1) is 19.5. The summed E-state index contributed by atoms with van der Waals surface area (Å²) in [4.78, 5) is 23.6. The molecular weight excluding hydrogens is 380 g/mol. The molecule has 30 heavy (non-hydrogen) atoms. The first-order chi connectivity index (χ1) is 14.4. The zero-order valence-corrected chi connectivity index (χ0v) is 16.6. The van der Waals surface area contributed by atoms with Crippen LogP contribution in [0.2, 0.25) is 0 Å². The second-order valence-electron chi connectivity index (χ2n) is 7.24. The highest BCUT2D eigenvalue weighted by atomic mass is 16.5. The lowest BCUT2D eigenvalue weighted by Crippen LogP contribution is -1.99. The molecule has 0 radical (unpaired) electrons. The van der Waals surface area contributed by atoms with Crippen molar-refractivity contribution < 1.29 is 24.2 Å². The lowest BCUT2D eigenvalue weighted by molar-refractivity contribution is 0.0696. The van der Waals surface area contributed by atoms with Gasteiger partial charge in [0.2, 0.25) is 5.78 Å². The zero-order valence-electron chi connectivity index (χ0n) is 16.6. The number of carbonyl (C=O) groups excluding carboxylic acids is 1. The number of fused-ring (bicyclic) bond motifs is 1. The van der Waals surface area contributed by atoms with E-state index in [-0.39, 0.29) is 17.1 Å². The molecule has 0 saturated heterocycles. The summed E-state index contributed by atoms with van der Waals surface area (Å²) in [5.74, 6) is 0.0534. The Morgan fingerprint density at radius 2 is 1.80 bits per heavy atom. The number of ketones is 1. The third kappa shape index (κ3) is 3.96. The Labute approximate surface area is 174 Å². The first-order valence-corrected chi connectivity index (χ1v) is 9.51. The lowest BCUT2D eigenvalue weighted by Gasteiger charge is -2.10. The summed E-state index contributed by atoms with van der Waals surface area (Å²) in [6.07, 6.45) is 1.60. The van der Waals surface area contributed by atoms with Crippen LogP contribution in [0.5, 0.6) is 11.5 Å². The van der Waals surface area contributed by atoms with Gasteiger partial charge in [-0.15, -0.1) is 0 Å². The van der Waals surface area contributed by atoms with Crippen molar-refractivity contribution in [3.05, 3.63) is 99.8 Å². The van der Waals surface area contributed by atoms with Crippen molar-refractivity contribution in [2.75, 3.05) is 0 Å². The molecule has 0 saturated carbocycles. The van der Waals surface area contributed by atoms with Crippen molar-refractivity contribution in [1.82, 2.24) is 0 Å². The van der Waals surface area contributed by atoms with Gasteiger partial charge in [0.05, 0.1) is 11.1 Å². The molecule has 1 heterocycles. The summed E-state index contributed by atoms with van der Waals surface area (Å²) in [6, 6.07) is 17.6. The smallest absolute Gasteiger partial charge is 0.335 e. The molecule has 5 heteroatoms. The normalized spacial score (nSPS) is 13.8. The molecule has 0 spiro atoms. The first-order valence-electron chi connectivity index (χ1n) is 9.51. The fourth-order valence-corrected chi connectivity index (χ4v) is 3.25. The van der Waals surface area contributed by atoms with E-state index in [9.17, 15) is 9.59 Å². The van der Waals surface area contributed by atoms with Crippen LogP contribution >= 0.6 is 0 Å². The largest absolute Gasteiger partial charge is 0.489 e. The molecule has 3 aromatic rings. The predicted molar refractivity (Wildman–Crippen MR) is 113 cm³/mol. The maximum Gasteiger partial charge on any atom is 0.335 e. The van der Waals surface area contributed by atoms with Crippen molar-refractivity contribution >= 4 is 17.8 Å². The van der Waals surface area contributed by atoms with Crippen LogP contribution in [-0.4, -0.2) is 16.9 Å². The number of ether oxygens (including phenoxy) is 2. The summed E-state index contributed by atoms with van der Waals surface area (Å²) in [5.41, 5.74) is 4.79. The molecule has 150 valence electrons. The van der Waals surface area contributed by atoms with E-state index in [1.165, 1.54) is 17.7 Å². The minimum atomic E-state index is -0.997. The van der Waals surface area contributed by atoms with E-state index in [1.807, 2.05) is 13.8 Å². The zero-order chi connectivity index (χ0) is 21.3. The third-order valence-corrected chi connectivity index (χ3v) is 5.00. The fourth-order valence-electron chi connectivity index (χ4n) is 3.25. The standard InChI is InChI=1S/C25H20O5/c1-15-3-4-16(2)19(11-15)14-29-20-9-10-21-22(13-20)30-23(24(21)26)12-17-5-7-18(8-6-17)25(27)28/h3-13H,14H2,1-2H3,(H,27,28)/b23-12-. The molecule has 0 unspecified atom stereocenters. The Bertz CT molecular complexity index is 1170. The van der Waals surface area contributed by atoms with Crippen molar-refractivity contribution in [3.63, 3.8) is 0 Å². The average molecular weight is 400 g/mol. The van der Waals surface area contributed by atoms with Gasteiger partial charge in [-0.3, -0.25) is 4.79 Å². The minimum absolute atomic E-state index is 0.185. The Balaban J connectivity index is 1.50. The van der Waals surface area contributed by atoms with E-state index in [0.717, 1.165) is 11.1 Å². The van der Waals surface area contributed by atoms with Crippen LogP contribution in [0.1, 0.15) is 43.0 Å². The van der Waals surface area contributed by atoms with Crippen LogP contribution in [-0.2, 0) is 6.61 Å². The Morgan fingerprint density at radius 1 is 1.03 bits per heavy atom. The molecule has 0 aliphatic carbocycles. The van der Waals surface area contributed by atoms with Crippen LogP contribution < -0.4 is 9.47 Å². The van der Waals surface area contributed by atoms with E-state index in [4.69, 9.17) is 14.6 Å². The van der Waals surface area contributed by atoms with Crippen molar-refractivity contribution in [1.29, 1.82) is 0 Å². The summed E-state index contributed by atoms with van der Waals surface area (Å²) in [7, 11) is 0. The van der Waals surface area contributed by atoms with Crippen LogP contribution in [0.3, 0.4) is 0 Å². The SMILES string of the molecule is Cc1ccc(C)c(COc2ccc3c(c2)O/C(=C\c2ccc(C(=O)O)cc2)C3=O)c1. The number of aromatic carboxylic acids is 1. The Hall–Kier alpha value is -3.86. The van der Waals surface area contributed by atoms with E-state index < -0.39 is 5.97 Å². The van der Waals surface area contributed by atoms with Gasteiger partial charge in [0.1, 0.15) is 18.1 Å². The number of hydrogen-bond acceptors (Lipinski definition) is 4. The molecule has 0 aromatic heterocycles. The number of rotatable bonds is 5. The highest BCUT2D eigenvalue weighted by Gasteiger charge is 2.27. The predicted octanol–water partition coefficient (Wildman–Crippen LogP) is 5.20. The summed E-state index contributed by atoms with van der Waals surface area (Å²) in [5, 5.41) is 8.99. The Kier molecular flexibility index (Phi) is 5.11.